The van der Waals surface area contributed by atoms with Crippen LogP contribution in [0.25, 0.3) is 0 Å². The van der Waals surface area contributed by atoms with Gasteiger partial charge in [0.25, 0.3) is 0 Å². The third-order valence-corrected chi connectivity index (χ3v) is 20.9. The van der Waals surface area contributed by atoms with Crippen LogP contribution in [0.1, 0.15) is 176 Å². The van der Waals surface area contributed by atoms with Crippen molar-refractivity contribution in [3.05, 3.63) is 0 Å². The number of nitrogens with one attached hydrogen (secondary N) is 5. The highest BCUT2D eigenvalue weighted by molar-refractivity contribution is 6.20. The summed E-state index contributed by atoms with van der Waals surface area (Å²) in [5, 5.41) is 13.2. The zero-order valence-electron chi connectivity index (χ0n) is 54.2. The van der Waals surface area contributed by atoms with Gasteiger partial charge in [-0.05, 0) is 120 Å². The van der Waals surface area contributed by atoms with Crippen LogP contribution in [0.4, 0.5) is 13.2 Å². The minimum Gasteiger partial charge on any atom is -0.351 e. The van der Waals surface area contributed by atoms with Crippen LogP contribution in [0.15, 0.2) is 0 Å². The molecule has 2 saturated heterocycles. The van der Waals surface area contributed by atoms with E-state index in [4.69, 9.17) is 11.6 Å². The van der Waals surface area contributed by atoms with E-state index in [1.807, 2.05) is 6.92 Å². The molecule has 89 heavy (non-hydrogen) atoms. The molecule has 0 aromatic rings. The van der Waals surface area contributed by atoms with E-state index in [-0.39, 0.29) is 88.5 Å². The quantitative estimate of drug-likeness (QED) is 0.209. The molecule has 3 unspecified atom stereocenters. The predicted molar refractivity (Wildman–Crippen MR) is 327 cm³/mol. The van der Waals surface area contributed by atoms with Gasteiger partial charge in [-0.1, -0.05) is 78.6 Å². The van der Waals surface area contributed by atoms with Crippen LogP contribution in [-0.2, 0) is 52.7 Å². The molecule has 5 N–H and O–H groups in total. The van der Waals surface area contributed by atoms with Crippen molar-refractivity contribution in [1.29, 1.82) is 0 Å². The van der Waals surface area contributed by atoms with Crippen molar-refractivity contribution < 1.29 is 65.9 Å². The minimum atomic E-state index is -4.49. The summed E-state index contributed by atoms with van der Waals surface area (Å²) >= 11 is 6.36. The Morgan fingerprint density at radius 1 is 0.607 bits per heavy atom. The highest BCUT2D eigenvalue weighted by atomic mass is 35.5. The molecule has 6 rings (SSSR count). The molecule has 22 nitrogen and oxygen atoms in total. The Bertz CT molecular complexity index is 2540. The number of alkyl halides is 4. The van der Waals surface area contributed by atoms with Gasteiger partial charge in [0, 0.05) is 59.6 Å². The summed E-state index contributed by atoms with van der Waals surface area (Å²) in [6.07, 6.45) is 4.62. The normalized spacial score (nSPS) is 32.4. The fourth-order valence-corrected chi connectivity index (χ4v) is 14.9. The maximum absolute atomic E-state index is 15.2. The van der Waals surface area contributed by atoms with Gasteiger partial charge in [-0.2, -0.15) is 13.2 Å². The Balaban J connectivity index is 1.32. The largest absolute Gasteiger partial charge is 0.393 e. The summed E-state index contributed by atoms with van der Waals surface area (Å²) in [5.41, 5.74) is -1.45. The molecule has 502 valence electrons. The molecule has 4 saturated carbocycles. The average Bonchev–Trinajstić information content (AvgIpc) is 2.92. The first-order valence-corrected chi connectivity index (χ1v) is 33.1. The van der Waals surface area contributed by atoms with E-state index in [0.717, 1.165) is 53.2 Å². The third-order valence-electron chi connectivity index (χ3n) is 20.4. The van der Waals surface area contributed by atoms with E-state index in [2.05, 4.69) is 33.5 Å². The van der Waals surface area contributed by atoms with Crippen molar-refractivity contribution in [2.24, 2.45) is 35.5 Å². The van der Waals surface area contributed by atoms with E-state index >= 15 is 9.59 Å². The smallest absolute Gasteiger partial charge is 0.351 e. The number of halogens is 4. The maximum atomic E-state index is 15.2. The highest BCUT2D eigenvalue weighted by Gasteiger charge is 2.51. The van der Waals surface area contributed by atoms with Gasteiger partial charge in [-0.15, -0.1) is 11.6 Å². The second-order valence-corrected chi connectivity index (χ2v) is 27.8. The summed E-state index contributed by atoms with van der Waals surface area (Å²) < 4.78 is 41.7. The fourth-order valence-electron chi connectivity index (χ4n) is 14.4. The van der Waals surface area contributed by atoms with E-state index < -0.39 is 156 Å². The summed E-state index contributed by atoms with van der Waals surface area (Å²) in [6.45, 7) is 7.40. The van der Waals surface area contributed by atoms with Gasteiger partial charge in [0.1, 0.15) is 41.8 Å². The number of fused-ring (bicyclic) bond motifs is 1. The van der Waals surface area contributed by atoms with E-state index in [1.54, 1.807) is 20.9 Å². The Morgan fingerprint density at radius 3 is 1.81 bits per heavy atom. The molecule has 6 aliphatic rings. The van der Waals surface area contributed by atoms with Crippen LogP contribution in [0, 0.1) is 35.5 Å². The SMILES string of the molecule is CC[C@H](C)[C@@H]1NC(=O)[C@H](C)N(C)C(=O)C[C@@H](C)NC(=O)[C@H](C2CCCC2)N(C)C(=O)C2(CCCC2)NC(=O)[C@@H]2CCCN2C(=O)[C@H](CCC2CCC(C(F)(F)F)C(Cl)C2)NC(=O)CN(C)C(=O)[C@H](CC2CCC(C)CC2)NC(=O)CN(C)C(=O)CN(C)C1=O. The molecule has 2 heterocycles. The van der Waals surface area contributed by atoms with Crippen molar-refractivity contribution in [2.75, 3.05) is 61.4 Å². The molecule has 6 fully saturated rings. The first-order chi connectivity index (χ1) is 41.8. The Labute approximate surface area is 528 Å². The van der Waals surface area contributed by atoms with Crippen molar-refractivity contribution in [2.45, 2.75) is 235 Å². The molecule has 2 aliphatic heterocycles. The monoisotopic (exact) mass is 1280 g/mol. The molecule has 0 aromatic carbocycles. The lowest BCUT2D eigenvalue weighted by atomic mass is 9.78. The van der Waals surface area contributed by atoms with Gasteiger partial charge in [-0.25, -0.2) is 0 Å². The number of amides is 11. The topological polar surface area (TPSA) is 267 Å². The first kappa shape index (κ1) is 72.3. The summed E-state index contributed by atoms with van der Waals surface area (Å²) in [6, 6.07) is -7.52. The standard InChI is InChI=1S/C63H101ClF3N11O11/c1-11-38(3)53-60(88)75(8)36-52(82)73(6)34-49(79)70-47(33-42-22-20-37(2)21-23-42)58(86)74(7)35-50(80)69-46(27-25-41-24-26-44(45(64)32-41)63(65,66)67)59(87)78-30-16-19-48(78)56(84)72-62(28-14-15-29-62)61(89)77(10)54(43-17-12-13-18-43)57(85)68-39(4)31-51(81)76(9)40(5)55(83)71-53/h37-48,53-54H,11-36H2,1-10H3,(H,68,85)(H,69,80)(H,70,79)(H,71,83)(H,72,84)/t37?,38-,39+,40-,41?,42?,44?,45?,46-,47-,48-,53-,54-/m0/s1. The highest BCUT2D eigenvalue weighted by Crippen LogP contribution is 2.44. The van der Waals surface area contributed by atoms with Crippen LogP contribution >= 0.6 is 11.6 Å². The van der Waals surface area contributed by atoms with Crippen molar-refractivity contribution in [3.8, 4) is 0 Å². The second-order valence-electron chi connectivity index (χ2n) is 27.2. The second kappa shape index (κ2) is 32.0. The van der Waals surface area contributed by atoms with Gasteiger partial charge >= 0.3 is 6.18 Å². The molecular formula is C63H101ClF3N11O11. The summed E-state index contributed by atoms with van der Waals surface area (Å²) in [4.78, 5) is 166. The molecule has 11 atom stereocenters. The third kappa shape index (κ3) is 18.9. The molecule has 0 radical (unpaired) electrons. The molecule has 0 bridgehead atoms. The average molecular weight is 1280 g/mol. The lowest BCUT2D eigenvalue weighted by Crippen LogP contribution is -2.64. The van der Waals surface area contributed by atoms with Crippen LogP contribution in [0.2, 0.25) is 0 Å². The van der Waals surface area contributed by atoms with Crippen LogP contribution in [-0.4, -0.2) is 215 Å². The van der Waals surface area contributed by atoms with Crippen LogP contribution < -0.4 is 26.6 Å². The lowest BCUT2D eigenvalue weighted by molar-refractivity contribution is -0.182. The van der Waals surface area contributed by atoms with E-state index in [9.17, 15) is 56.3 Å². The van der Waals surface area contributed by atoms with E-state index in [0.29, 0.717) is 44.4 Å². The fraction of sp³-hybridized carbons (Fsp3) is 0.825. The zero-order chi connectivity index (χ0) is 65.8. The lowest BCUT2D eigenvalue weighted by Gasteiger charge is -2.40. The maximum Gasteiger partial charge on any atom is 0.393 e. The first-order valence-electron chi connectivity index (χ1n) is 32.7. The minimum absolute atomic E-state index is 0.0173. The Kier molecular flexibility index (Phi) is 26.0. The summed E-state index contributed by atoms with van der Waals surface area (Å²) in [5.74, 6) is -8.86. The predicted octanol–water partition coefficient (Wildman–Crippen LogP) is 4.64. The summed E-state index contributed by atoms with van der Waals surface area (Å²) in [7, 11) is 7.13. The number of rotatable bonds is 8. The Hall–Kier alpha value is -5.75. The number of carbonyl (C=O) groups excluding carboxylic acids is 11. The Morgan fingerprint density at radius 2 is 1.20 bits per heavy atom. The number of hydrogen-bond donors (Lipinski definition) is 5. The molecule has 1 spiro atoms. The number of nitrogens with zero attached hydrogens (tertiary/aromatic N) is 6. The molecule has 0 aromatic heterocycles. The van der Waals surface area contributed by atoms with Crippen molar-refractivity contribution in [1.82, 2.24) is 56.0 Å². The number of likely N-dealkylation sites (N-methyl/N-ethyl adjacent to an activating group) is 5. The molecule has 11 amide bonds. The van der Waals surface area contributed by atoms with Crippen LogP contribution in [0.3, 0.4) is 0 Å². The van der Waals surface area contributed by atoms with Gasteiger partial charge in [0.05, 0.1) is 25.6 Å². The molecule has 26 heteroatoms. The van der Waals surface area contributed by atoms with Crippen molar-refractivity contribution in [3.63, 3.8) is 0 Å². The van der Waals surface area contributed by atoms with Gasteiger partial charge in [-0.3, -0.25) is 52.7 Å². The van der Waals surface area contributed by atoms with E-state index in [1.165, 1.54) is 49.8 Å². The van der Waals surface area contributed by atoms with Gasteiger partial charge in [0.2, 0.25) is 65.0 Å². The number of carbonyl (C=O) groups is 11. The molecule has 4 aliphatic carbocycles. The number of hydrogen-bond acceptors (Lipinski definition) is 11. The van der Waals surface area contributed by atoms with Crippen LogP contribution in [0.5, 0.6) is 0 Å². The van der Waals surface area contributed by atoms with Gasteiger partial charge < -0.3 is 56.0 Å². The van der Waals surface area contributed by atoms with Crippen molar-refractivity contribution >= 4 is 76.6 Å². The molecular weight excluding hydrogens is 1180 g/mol. The van der Waals surface area contributed by atoms with Gasteiger partial charge in [0.15, 0.2) is 0 Å². The zero-order valence-corrected chi connectivity index (χ0v) is 54.9.